The topological polar surface area (TPSA) is 100 Å². The Morgan fingerprint density at radius 2 is 2.04 bits per heavy atom. The highest BCUT2D eigenvalue weighted by Crippen LogP contribution is 2.14. The quantitative estimate of drug-likeness (QED) is 0.652. The fourth-order valence-electron chi connectivity index (χ4n) is 2.33. The van der Waals surface area contributed by atoms with Crippen molar-refractivity contribution in [2.75, 3.05) is 6.54 Å². The Bertz CT molecular complexity index is 887. The molecule has 0 radical (unpaired) electrons. The van der Waals surface area contributed by atoms with E-state index in [2.05, 4.69) is 15.4 Å². The van der Waals surface area contributed by atoms with Gasteiger partial charge in [-0.2, -0.15) is 5.10 Å². The van der Waals surface area contributed by atoms with Crippen LogP contribution in [-0.2, 0) is 0 Å². The zero-order valence-electron chi connectivity index (χ0n) is 12.7. The molecule has 7 nitrogen and oxygen atoms in total. The molecular formula is C17H16N4O3. The van der Waals surface area contributed by atoms with Gasteiger partial charge in [0.05, 0.1) is 11.3 Å². The summed E-state index contributed by atoms with van der Waals surface area (Å²) in [5.41, 5.74) is 1.13. The zero-order valence-corrected chi connectivity index (χ0v) is 12.7. The Morgan fingerprint density at radius 3 is 2.79 bits per heavy atom. The Kier molecular flexibility index (Phi) is 4.53. The lowest BCUT2D eigenvalue weighted by atomic mass is 10.1. The molecule has 1 aromatic carbocycles. The highest BCUT2D eigenvalue weighted by Gasteiger charge is 2.15. The first-order valence-electron chi connectivity index (χ1n) is 7.39. The van der Waals surface area contributed by atoms with Gasteiger partial charge in [-0.15, -0.1) is 0 Å². The number of aromatic nitrogens is 3. The van der Waals surface area contributed by atoms with E-state index in [1.807, 2.05) is 6.07 Å². The molecule has 2 heterocycles. The van der Waals surface area contributed by atoms with Crippen molar-refractivity contribution in [2.45, 2.75) is 6.10 Å². The van der Waals surface area contributed by atoms with Crippen molar-refractivity contribution >= 4 is 5.91 Å². The molecule has 0 saturated heterocycles. The van der Waals surface area contributed by atoms with E-state index in [1.165, 1.54) is 6.07 Å². The van der Waals surface area contributed by atoms with Gasteiger partial charge in [-0.05, 0) is 24.3 Å². The fraction of sp³-hybridized carbons (Fsp3) is 0.118. The summed E-state index contributed by atoms with van der Waals surface area (Å²) in [5, 5.41) is 16.9. The Morgan fingerprint density at radius 1 is 1.21 bits per heavy atom. The molecule has 0 spiro atoms. The Hall–Kier alpha value is -3.19. The third kappa shape index (κ3) is 3.41. The van der Waals surface area contributed by atoms with Gasteiger partial charge in [0.15, 0.2) is 0 Å². The molecule has 1 unspecified atom stereocenters. The first kappa shape index (κ1) is 15.7. The van der Waals surface area contributed by atoms with Crippen LogP contribution in [0.3, 0.4) is 0 Å². The van der Waals surface area contributed by atoms with Gasteiger partial charge in [-0.3, -0.25) is 9.59 Å². The van der Waals surface area contributed by atoms with Crippen molar-refractivity contribution in [3.63, 3.8) is 0 Å². The number of amides is 1. The average molecular weight is 324 g/mol. The molecule has 3 aromatic rings. The van der Waals surface area contributed by atoms with Gasteiger partial charge in [0.25, 0.3) is 5.91 Å². The number of hydrogen-bond donors (Lipinski definition) is 3. The van der Waals surface area contributed by atoms with Crippen LogP contribution in [0.1, 0.15) is 22.2 Å². The predicted octanol–water partition coefficient (Wildman–Crippen LogP) is 1.02. The van der Waals surface area contributed by atoms with Gasteiger partial charge in [-0.1, -0.05) is 18.2 Å². The number of benzene rings is 1. The van der Waals surface area contributed by atoms with Crippen LogP contribution in [0.4, 0.5) is 0 Å². The van der Waals surface area contributed by atoms with E-state index in [0.29, 0.717) is 16.9 Å². The van der Waals surface area contributed by atoms with Crippen LogP contribution in [0.5, 0.6) is 0 Å². The summed E-state index contributed by atoms with van der Waals surface area (Å²) in [6.07, 6.45) is 2.37. The van der Waals surface area contributed by atoms with Crippen LogP contribution in [-0.4, -0.2) is 32.3 Å². The first-order chi connectivity index (χ1) is 11.6. The Balaban J connectivity index is 1.73. The number of nitrogens with one attached hydrogen (secondary N) is 2. The number of carbonyl (C=O) groups is 1. The van der Waals surface area contributed by atoms with Crippen LogP contribution in [0.25, 0.3) is 5.69 Å². The summed E-state index contributed by atoms with van der Waals surface area (Å²) in [6.45, 7) is -0.0216. The van der Waals surface area contributed by atoms with Crippen LogP contribution < -0.4 is 10.9 Å². The summed E-state index contributed by atoms with van der Waals surface area (Å²) in [7, 11) is 0. The van der Waals surface area contributed by atoms with Crippen molar-refractivity contribution < 1.29 is 9.90 Å². The minimum atomic E-state index is -1.00. The fourth-order valence-corrected chi connectivity index (χ4v) is 2.33. The maximum atomic E-state index is 12.4. The standard InChI is InChI=1S/C17H16N4O3/c22-15(13-6-3-8-16(23)20-13)11-18-17(24)12-5-1-2-7-14(12)21-10-4-9-19-21/h1-10,15,22H,11H2,(H,18,24)(H,20,23). The zero-order chi connectivity index (χ0) is 16.9. The van der Waals surface area contributed by atoms with Crippen LogP contribution in [0.2, 0.25) is 0 Å². The SMILES string of the molecule is O=C(NCC(O)c1cccc(=O)[nH]1)c1ccccc1-n1cccn1. The number of carbonyl (C=O) groups excluding carboxylic acids is 1. The van der Waals surface area contributed by atoms with Gasteiger partial charge in [0.1, 0.15) is 6.10 Å². The number of H-pyrrole nitrogens is 1. The predicted molar refractivity (Wildman–Crippen MR) is 87.9 cm³/mol. The number of nitrogens with zero attached hydrogens (tertiary/aromatic N) is 2. The van der Waals surface area contributed by atoms with E-state index >= 15 is 0 Å². The van der Waals surface area contributed by atoms with E-state index < -0.39 is 6.10 Å². The minimum absolute atomic E-state index is 0.0216. The largest absolute Gasteiger partial charge is 0.385 e. The van der Waals surface area contributed by atoms with Gasteiger partial charge >= 0.3 is 0 Å². The van der Waals surface area contributed by atoms with Gasteiger partial charge < -0.3 is 15.4 Å². The molecule has 0 aliphatic rings. The highest BCUT2D eigenvalue weighted by molar-refractivity contribution is 5.97. The number of para-hydroxylation sites is 1. The normalized spacial score (nSPS) is 11.9. The monoisotopic (exact) mass is 324 g/mol. The van der Waals surface area contributed by atoms with E-state index in [9.17, 15) is 14.7 Å². The maximum absolute atomic E-state index is 12.4. The first-order valence-corrected chi connectivity index (χ1v) is 7.39. The van der Waals surface area contributed by atoms with Crippen molar-refractivity contribution in [1.82, 2.24) is 20.1 Å². The third-order valence-corrected chi connectivity index (χ3v) is 3.51. The van der Waals surface area contributed by atoms with Gasteiger partial charge in [0.2, 0.25) is 5.56 Å². The molecule has 0 fully saturated rings. The van der Waals surface area contributed by atoms with E-state index in [1.54, 1.807) is 53.5 Å². The Labute approximate surface area is 137 Å². The summed E-state index contributed by atoms with van der Waals surface area (Å²) in [6, 6.07) is 13.3. The molecule has 2 aromatic heterocycles. The molecule has 1 atom stereocenters. The molecule has 3 N–H and O–H groups in total. The number of aliphatic hydroxyl groups excluding tert-OH is 1. The van der Waals surface area contributed by atoms with E-state index in [-0.39, 0.29) is 18.0 Å². The number of rotatable bonds is 5. The maximum Gasteiger partial charge on any atom is 0.253 e. The van der Waals surface area contributed by atoms with Crippen LogP contribution in [0, 0.1) is 0 Å². The molecule has 0 saturated carbocycles. The smallest absolute Gasteiger partial charge is 0.253 e. The molecule has 3 rings (SSSR count). The number of hydrogen-bond acceptors (Lipinski definition) is 4. The lowest BCUT2D eigenvalue weighted by Gasteiger charge is -2.13. The van der Waals surface area contributed by atoms with Crippen LogP contribution >= 0.6 is 0 Å². The molecule has 1 amide bonds. The summed E-state index contributed by atoms with van der Waals surface area (Å²) < 4.78 is 1.60. The number of aromatic amines is 1. The van der Waals surface area contributed by atoms with Crippen molar-refractivity contribution in [2.24, 2.45) is 0 Å². The number of pyridine rings is 1. The van der Waals surface area contributed by atoms with Crippen molar-refractivity contribution in [1.29, 1.82) is 0 Å². The lowest BCUT2D eigenvalue weighted by Crippen LogP contribution is -2.30. The molecule has 0 aliphatic heterocycles. The summed E-state index contributed by atoms with van der Waals surface area (Å²) >= 11 is 0. The summed E-state index contributed by atoms with van der Waals surface area (Å²) in [4.78, 5) is 26.2. The van der Waals surface area contributed by atoms with Gasteiger partial charge in [-0.25, -0.2) is 4.68 Å². The second-order valence-electron chi connectivity index (χ2n) is 5.16. The second kappa shape index (κ2) is 6.93. The van der Waals surface area contributed by atoms with Crippen molar-refractivity contribution in [3.05, 3.63) is 82.5 Å². The minimum Gasteiger partial charge on any atom is -0.385 e. The second-order valence-corrected chi connectivity index (χ2v) is 5.16. The molecular weight excluding hydrogens is 308 g/mol. The van der Waals surface area contributed by atoms with E-state index in [4.69, 9.17) is 0 Å². The average Bonchev–Trinajstić information content (AvgIpc) is 3.14. The summed E-state index contributed by atoms with van der Waals surface area (Å²) in [5.74, 6) is -0.335. The molecule has 0 aliphatic carbocycles. The van der Waals surface area contributed by atoms with Crippen molar-refractivity contribution in [3.8, 4) is 5.69 Å². The lowest BCUT2D eigenvalue weighted by molar-refractivity contribution is 0.0914. The third-order valence-electron chi connectivity index (χ3n) is 3.51. The van der Waals surface area contributed by atoms with E-state index in [0.717, 1.165) is 0 Å². The highest BCUT2D eigenvalue weighted by atomic mass is 16.3. The molecule has 0 bridgehead atoms. The molecule has 7 heteroatoms. The molecule has 24 heavy (non-hydrogen) atoms. The van der Waals surface area contributed by atoms with Gasteiger partial charge in [0, 0.05) is 30.7 Å². The van der Waals surface area contributed by atoms with Crippen LogP contribution in [0.15, 0.2) is 65.7 Å². The molecule has 122 valence electrons. The number of aliphatic hydroxyl groups is 1.